The summed E-state index contributed by atoms with van der Waals surface area (Å²) in [5, 5.41) is 4.42. The molecule has 2 aromatic heterocycles. The smallest absolute Gasteiger partial charge is 0.179 e. The minimum absolute atomic E-state index is 0.455. The Morgan fingerprint density at radius 2 is 2.12 bits per heavy atom. The van der Waals surface area contributed by atoms with Crippen LogP contribution in [-0.4, -0.2) is 19.3 Å². The zero-order valence-electron chi connectivity index (χ0n) is 9.40. The van der Waals surface area contributed by atoms with Crippen LogP contribution in [0.15, 0.2) is 12.2 Å². The summed E-state index contributed by atoms with van der Waals surface area (Å²) in [6.07, 6.45) is 6.56. The molecule has 0 fully saturated rings. The van der Waals surface area contributed by atoms with E-state index < -0.39 is 0 Å². The third kappa shape index (κ3) is 1.21. The Kier molecular flexibility index (Phi) is 2.04. The predicted molar refractivity (Wildman–Crippen MR) is 66.0 cm³/mol. The first-order valence-corrected chi connectivity index (χ1v) is 5.88. The first-order valence-electron chi connectivity index (χ1n) is 5.47. The number of H-pyrrole nitrogens is 1. The summed E-state index contributed by atoms with van der Waals surface area (Å²) >= 11 is 5.40. The van der Waals surface area contributed by atoms with Gasteiger partial charge in [0.05, 0.1) is 5.69 Å². The van der Waals surface area contributed by atoms with Gasteiger partial charge < -0.3 is 4.98 Å². The molecule has 0 saturated heterocycles. The number of nitrogens with zero attached hydrogens (tertiary/aromatic N) is 3. The van der Waals surface area contributed by atoms with Crippen molar-refractivity contribution in [3.63, 3.8) is 0 Å². The van der Waals surface area contributed by atoms with Crippen molar-refractivity contribution in [3.05, 3.63) is 22.6 Å². The highest BCUT2D eigenvalue weighted by Crippen LogP contribution is 2.28. The van der Waals surface area contributed by atoms with Crippen LogP contribution < -0.4 is 0 Å². The third-order valence-electron chi connectivity index (χ3n) is 3.22. The van der Waals surface area contributed by atoms with E-state index in [4.69, 9.17) is 12.2 Å². The van der Waals surface area contributed by atoms with Crippen LogP contribution in [0, 0.1) is 11.7 Å². The number of aromatic amines is 1. The third-order valence-corrected chi connectivity index (χ3v) is 3.52. The van der Waals surface area contributed by atoms with Crippen LogP contribution in [0.4, 0.5) is 0 Å². The Morgan fingerprint density at radius 1 is 1.44 bits per heavy atom. The van der Waals surface area contributed by atoms with Gasteiger partial charge in [-0.25, -0.2) is 0 Å². The molecule has 0 radical (unpaired) electrons. The van der Waals surface area contributed by atoms with Crippen molar-refractivity contribution in [2.75, 3.05) is 0 Å². The second kappa shape index (κ2) is 3.31. The SMILES string of the molecule is Cc1nn(C)c2c1[nH]c(=S)n2C1CC=CC1. The highest BCUT2D eigenvalue weighted by Gasteiger charge is 2.20. The maximum absolute atomic E-state index is 5.40. The van der Waals surface area contributed by atoms with E-state index in [9.17, 15) is 0 Å². The summed E-state index contributed by atoms with van der Waals surface area (Å²) in [7, 11) is 1.97. The summed E-state index contributed by atoms with van der Waals surface area (Å²) < 4.78 is 4.92. The van der Waals surface area contributed by atoms with Crippen LogP contribution in [0.5, 0.6) is 0 Å². The van der Waals surface area contributed by atoms with Gasteiger partial charge in [0.2, 0.25) is 0 Å². The van der Waals surface area contributed by atoms with Crippen LogP contribution in [0.2, 0.25) is 0 Å². The van der Waals surface area contributed by atoms with E-state index in [0.29, 0.717) is 6.04 Å². The van der Waals surface area contributed by atoms with Crippen LogP contribution in [0.3, 0.4) is 0 Å². The van der Waals surface area contributed by atoms with Crippen LogP contribution in [-0.2, 0) is 7.05 Å². The average Bonchev–Trinajstić information content (AvgIpc) is 2.87. The fraction of sp³-hybridized carbons (Fsp3) is 0.455. The van der Waals surface area contributed by atoms with Gasteiger partial charge in [-0.3, -0.25) is 9.25 Å². The lowest BCUT2D eigenvalue weighted by molar-refractivity contribution is 0.530. The van der Waals surface area contributed by atoms with E-state index in [0.717, 1.165) is 34.5 Å². The normalized spacial score (nSPS) is 16.6. The molecule has 0 amide bonds. The molecule has 2 heterocycles. The average molecular weight is 234 g/mol. The molecule has 1 aliphatic carbocycles. The summed E-state index contributed by atoms with van der Waals surface area (Å²) in [6.45, 7) is 2.00. The Morgan fingerprint density at radius 3 is 2.81 bits per heavy atom. The number of fused-ring (bicyclic) bond motifs is 1. The number of nitrogens with one attached hydrogen (secondary N) is 1. The molecule has 1 N–H and O–H groups in total. The first-order chi connectivity index (χ1) is 7.68. The van der Waals surface area contributed by atoms with Crippen molar-refractivity contribution in [2.24, 2.45) is 7.05 Å². The van der Waals surface area contributed by atoms with E-state index in [1.165, 1.54) is 0 Å². The van der Waals surface area contributed by atoms with E-state index in [-0.39, 0.29) is 0 Å². The Hall–Kier alpha value is -1.36. The van der Waals surface area contributed by atoms with E-state index >= 15 is 0 Å². The van der Waals surface area contributed by atoms with Crippen molar-refractivity contribution in [3.8, 4) is 0 Å². The number of hydrogen-bond acceptors (Lipinski definition) is 2. The molecular weight excluding hydrogens is 220 g/mol. The van der Waals surface area contributed by atoms with Gasteiger partial charge in [-0.1, -0.05) is 12.2 Å². The largest absolute Gasteiger partial charge is 0.328 e. The molecule has 0 aliphatic heterocycles. The highest BCUT2D eigenvalue weighted by molar-refractivity contribution is 7.71. The number of aromatic nitrogens is 4. The Labute approximate surface area is 98.6 Å². The molecule has 0 aromatic carbocycles. The molecule has 0 spiro atoms. The van der Waals surface area contributed by atoms with E-state index in [1.807, 2.05) is 18.7 Å². The zero-order chi connectivity index (χ0) is 11.3. The fourth-order valence-electron chi connectivity index (χ4n) is 2.48. The molecule has 0 saturated carbocycles. The molecule has 0 atom stereocenters. The number of hydrogen-bond donors (Lipinski definition) is 1. The van der Waals surface area contributed by atoms with Gasteiger partial charge in [0.25, 0.3) is 0 Å². The lowest BCUT2D eigenvalue weighted by Crippen LogP contribution is -2.08. The molecular formula is C11H14N4S. The van der Waals surface area contributed by atoms with Crippen molar-refractivity contribution >= 4 is 23.4 Å². The molecule has 3 rings (SSSR count). The first kappa shape index (κ1) is 9.84. The van der Waals surface area contributed by atoms with Crippen molar-refractivity contribution in [2.45, 2.75) is 25.8 Å². The minimum Gasteiger partial charge on any atom is -0.328 e. The van der Waals surface area contributed by atoms with Gasteiger partial charge in [-0.15, -0.1) is 0 Å². The van der Waals surface area contributed by atoms with Crippen LogP contribution in [0.25, 0.3) is 11.2 Å². The lowest BCUT2D eigenvalue weighted by Gasteiger charge is -2.12. The minimum atomic E-state index is 0.455. The Balaban J connectivity index is 2.30. The van der Waals surface area contributed by atoms with Gasteiger partial charge in [-0.2, -0.15) is 5.10 Å². The van der Waals surface area contributed by atoms with Crippen molar-refractivity contribution in [1.29, 1.82) is 0 Å². The number of rotatable bonds is 1. The summed E-state index contributed by atoms with van der Waals surface area (Å²) in [4.78, 5) is 3.26. The van der Waals surface area contributed by atoms with Crippen LogP contribution >= 0.6 is 12.2 Å². The lowest BCUT2D eigenvalue weighted by atomic mass is 10.2. The van der Waals surface area contributed by atoms with E-state index in [2.05, 4.69) is 26.8 Å². The van der Waals surface area contributed by atoms with Gasteiger partial charge >= 0.3 is 0 Å². The molecule has 84 valence electrons. The fourth-order valence-corrected chi connectivity index (χ4v) is 2.82. The molecule has 1 aliphatic rings. The summed E-state index contributed by atoms with van der Waals surface area (Å²) in [5.41, 5.74) is 3.18. The topological polar surface area (TPSA) is 38.5 Å². The summed E-state index contributed by atoms with van der Waals surface area (Å²) in [6, 6.07) is 0.455. The molecule has 5 heteroatoms. The van der Waals surface area contributed by atoms with Gasteiger partial charge in [0, 0.05) is 13.1 Å². The maximum atomic E-state index is 5.40. The van der Waals surface area contributed by atoms with Gasteiger partial charge in [0.1, 0.15) is 5.52 Å². The number of aryl methyl sites for hydroxylation is 2. The van der Waals surface area contributed by atoms with Gasteiger partial charge in [0.15, 0.2) is 10.4 Å². The molecule has 2 aromatic rings. The molecule has 0 unspecified atom stereocenters. The quantitative estimate of drug-likeness (QED) is 0.608. The zero-order valence-corrected chi connectivity index (χ0v) is 10.2. The molecule has 16 heavy (non-hydrogen) atoms. The summed E-state index contributed by atoms with van der Waals surface area (Å²) in [5.74, 6) is 0. The Bertz CT molecular complexity index is 620. The maximum Gasteiger partial charge on any atom is 0.179 e. The number of imidazole rings is 1. The van der Waals surface area contributed by atoms with Crippen LogP contribution in [0.1, 0.15) is 24.6 Å². The molecule has 4 nitrogen and oxygen atoms in total. The van der Waals surface area contributed by atoms with Gasteiger partial charge in [-0.05, 0) is 32.0 Å². The molecule has 0 bridgehead atoms. The second-order valence-corrected chi connectivity index (χ2v) is 4.69. The predicted octanol–water partition coefficient (Wildman–Crippen LogP) is 2.63. The number of allylic oxidation sites excluding steroid dienone is 2. The van der Waals surface area contributed by atoms with E-state index in [1.54, 1.807) is 0 Å². The standard InChI is InChI=1S/C11H14N4S/c1-7-9-10(14(2)13-7)15(11(16)12-9)8-5-3-4-6-8/h3-4,8H,5-6H2,1-2H3,(H,12,16). The second-order valence-electron chi connectivity index (χ2n) is 4.30. The highest BCUT2D eigenvalue weighted by atomic mass is 32.1. The monoisotopic (exact) mass is 234 g/mol. The van der Waals surface area contributed by atoms with Crippen molar-refractivity contribution in [1.82, 2.24) is 19.3 Å². The van der Waals surface area contributed by atoms with Crippen molar-refractivity contribution < 1.29 is 0 Å².